The van der Waals surface area contributed by atoms with Gasteiger partial charge in [0.1, 0.15) is 5.92 Å². The maximum absolute atomic E-state index is 13.6. The van der Waals surface area contributed by atoms with E-state index in [1.165, 1.54) is 11.3 Å². The summed E-state index contributed by atoms with van der Waals surface area (Å²) in [6.07, 6.45) is 0.647. The molecule has 0 saturated carbocycles. The molecule has 1 amide bonds. The van der Waals surface area contributed by atoms with E-state index < -0.39 is 11.9 Å². The van der Waals surface area contributed by atoms with Crippen molar-refractivity contribution >= 4 is 29.0 Å². The molecule has 0 spiro atoms. The Hall–Kier alpha value is -2.73. The molecule has 1 aliphatic heterocycles. The van der Waals surface area contributed by atoms with Crippen LogP contribution in [0.4, 0.5) is 0 Å². The minimum absolute atomic E-state index is 0.0973. The Kier molecular flexibility index (Phi) is 5.13. The number of thiophene rings is 1. The maximum atomic E-state index is 13.6. The summed E-state index contributed by atoms with van der Waals surface area (Å²) >= 11 is 1.51. The quantitative estimate of drug-likeness (QED) is 0.635. The lowest BCUT2D eigenvalue weighted by Crippen LogP contribution is -2.44. The first-order valence-electron chi connectivity index (χ1n) is 9.42. The van der Waals surface area contributed by atoms with Crippen molar-refractivity contribution in [1.82, 2.24) is 5.32 Å². The van der Waals surface area contributed by atoms with Gasteiger partial charge in [0.15, 0.2) is 5.78 Å². The molecule has 1 aromatic heterocycles. The van der Waals surface area contributed by atoms with Crippen LogP contribution in [0, 0.1) is 5.92 Å². The number of allylic oxidation sites excluding steroid dienone is 2. The Morgan fingerprint density at radius 3 is 2.61 bits per heavy atom. The third kappa shape index (κ3) is 3.29. The molecule has 5 nitrogen and oxygen atoms in total. The third-order valence-electron chi connectivity index (χ3n) is 5.38. The Bertz CT molecular complexity index is 933. The van der Waals surface area contributed by atoms with Crippen molar-refractivity contribution in [2.24, 2.45) is 5.92 Å². The van der Waals surface area contributed by atoms with Crippen LogP contribution in [0.2, 0.25) is 0 Å². The molecule has 0 saturated heterocycles. The van der Waals surface area contributed by atoms with Crippen LogP contribution in [0.1, 0.15) is 42.0 Å². The fourth-order valence-corrected chi connectivity index (χ4v) is 5.06. The molecule has 1 N–H and O–H groups in total. The summed E-state index contributed by atoms with van der Waals surface area (Å²) in [5.41, 5.74) is 2.11. The minimum Gasteiger partial charge on any atom is -0.465 e. The molecule has 0 unspecified atom stereocenters. The Balaban J connectivity index is 1.81. The van der Waals surface area contributed by atoms with Crippen molar-refractivity contribution in [2.45, 2.75) is 31.6 Å². The molecule has 0 fully saturated rings. The molecule has 1 aromatic carbocycles. The van der Waals surface area contributed by atoms with Crippen molar-refractivity contribution in [1.29, 1.82) is 0 Å². The topological polar surface area (TPSA) is 72.5 Å². The van der Waals surface area contributed by atoms with Gasteiger partial charge in [-0.2, -0.15) is 0 Å². The largest absolute Gasteiger partial charge is 0.465 e. The van der Waals surface area contributed by atoms with Crippen molar-refractivity contribution in [3.05, 3.63) is 69.6 Å². The summed E-state index contributed by atoms with van der Waals surface area (Å²) in [5.74, 6) is -2.34. The van der Waals surface area contributed by atoms with Gasteiger partial charge in [-0.3, -0.25) is 14.4 Å². The van der Waals surface area contributed by atoms with E-state index in [4.69, 9.17) is 4.74 Å². The van der Waals surface area contributed by atoms with Crippen LogP contribution in [-0.4, -0.2) is 24.3 Å². The van der Waals surface area contributed by atoms with E-state index in [1.54, 1.807) is 6.92 Å². The van der Waals surface area contributed by atoms with E-state index in [0.717, 1.165) is 10.4 Å². The standard InChI is InChI=1S/C22H21NO4S/c1-2-27-22(26)20-15(17-9-6-10-28-17)11-16-19(21(20)25)14(12-18(24)23-16)13-7-4-3-5-8-13/h3-10,14-15,20H,2,11-12H2,1H3,(H,23,24)/t14-,15-,20-/m0/s1. The number of hydrogen-bond donors (Lipinski definition) is 1. The van der Waals surface area contributed by atoms with Gasteiger partial charge in [0, 0.05) is 34.4 Å². The molecule has 0 bridgehead atoms. The molecule has 4 rings (SSSR count). The Morgan fingerprint density at radius 1 is 1.14 bits per heavy atom. The molecule has 3 atom stereocenters. The zero-order valence-electron chi connectivity index (χ0n) is 15.5. The zero-order chi connectivity index (χ0) is 19.7. The second-order valence-electron chi connectivity index (χ2n) is 7.03. The summed E-state index contributed by atoms with van der Waals surface area (Å²) < 4.78 is 5.26. The predicted octanol–water partition coefficient (Wildman–Crippen LogP) is 3.54. The van der Waals surface area contributed by atoms with E-state index in [2.05, 4.69) is 5.32 Å². The first-order chi connectivity index (χ1) is 13.6. The van der Waals surface area contributed by atoms with Gasteiger partial charge in [-0.15, -0.1) is 11.3 Å². The average molecular weight is 395 g/mol. The predicted molar refractivity (Wildman–Crippen MR) is 106 cm³/mol. The molecule has 0 radical (unpaired) electrons. The zero-order valence-corrected chi connectivity index (χ0v) is 16.3. The Morgan fingerprint density at radius 2 is 1.93 bits per heavy atom. The van der Waals surface area contributed by atoms with Crippen LogP contribution in [-0.2, 0) is 19.1 Å². The fraction of sp³-hybridized carbons (Fsp3) is 0.318. The number of ether oxygens (including phenoxy) is 1. The summed E-state index contributed by atoms with van der Waals surface area (Å²) in [7, 11) is 0. The van der Waals surface area contributed by atoms with Crippen molar-refractivity contribution in [2.75, 3.05) is 6.61 Å². The van der Waals surface area contributed by atoms with Crippen LogP contribution in [0.3, 0.4) is 0 Å². The second-order valence-corrected chi connectivity index (χ2v) is 8.01. The summed E-state index contributed by atoms with van der Waals surface area (Å²) in [4.78, 5) is 39.6. The number of nitrogens with one attached hydrogen (secondary N) is 1. The Labute approximate surface area is 167 Å². The molecule has 2 heterocycles. The van der Waals surface area contributed by atoms with Gasteiger partial charge in [0.25, 0.3) is 0 Å². The minimum atomic E-state index is -0.876. The van der Waals surface area contributed by atoms with Crippen LogP contribution < -0.4 is 5.32 Å². The molecule has 2 aromatic rings. The number of Topliss-reactive ketones (excluding diaryl/α,β-unsaturated/α-hetero) is 1. The number of benzene rings is 1. The van der Waals surface area contributed by atoms with E-state index in [-0.39, 0.29) is 36.6 Å². The van der Waals surface area contributed by atoms with Gasteiger partial charge < -0.3 is 10.1 Å². The van der Waals surface area contributed by atoms with Crippen LogP contribution in [0.5, 0.6) is 0 Å². The number of ketones is 1. The third-order valence-corrected chi connectivity index (χ3v) is 6.38. The number of amides is 1. The highest BCUT2D eigenvalue weighted by Gasteiger charge is 2.47. The smallest absolute Gasteiger partial charge is 0.317 e. The monoisotopic (exact) mass is 395 g/mol. The number of esters is 1. The highest BCUT2D eigenvalue weighted by molar-refractivity contribution is 7.10. The summed E-state index contributed by atoms with van der Waals surface area (Å²) in [5, 5.41) is 4.83. The van der Waals surface area contributed by atoms with Gasteiger partial charge >= 0.3 is 5.97 Å². The van der Waals surface area contributed by atoms with Crippen LogP contribution in [0.25, 0.3) is 0 Å². The highest BCUT2D eigenvalue weighted by atomic mass is 32.1. The fourth-order valence-electron chi connectivity index (χ4n) is 4.19. The molecular weight excluding hydrogens is 374 g/mol. The molecule has 6 heteroatoms. The first-order valence-corrected chi connectivity index (χ1v) is 10.3. The number of carbonyl (C=O) groups is 3. The van der Waals surface area contributed by atoms with Gasteiger partial charge in [0.2, 0.25) is 5.91 Å². The van der Waals surface area contributed by atoms with Gasteiger partial charge in [-0.1, -0.05) is 36.4 Å². The van der Waals surface area contributed by atoms with Crippen molar-refractivity contribution in [3.8, 4) is 0 Å². The number of carbonyl (C=O) groups excluding carboxylic acids is 3. The van der Waals surface area contributed by atoms with Crippen molar-refractivity contribution in [3.63, 3.8) is 0 Å². The van der Waals surface area contributed by atoms with Gasteiger partial charge in [-0.05, 0) is 30.4 Å². The molecule has 28 heavy (non-hydrogen) atoms. The first kappa shape index (κ1) is 18.6. The van der Waals surface area contributed by atoms with Crippen LogP contribution >= 0.6 is 11.3 Å². The van der Waals surface area contributed by atoms with E-state index >= 15 is 0 Å². The van der Waals surface area contributed by atoms with Crippen molar-refractivity contribution < 1.29 is 19.1 Å². The SMILES string of the molecule is CCOC(=O)[C@@H]1C(=O)C2=C(C[C@H]1c1cccs1)NC(=O)C[C@H]2c1ccccc1. The number of hydrogen-bond acceptors (Lipinski definition) is 5. The van der Waals surface area contributed by atoms with Crippen LogP contribution in [0.15, 0.2) is 59.1 Å². The molecule has 2 aliphatic rings. The van der Waals surface area contributed by atoms with E-state index in [0.29, 0.717) is 17.7 Å². The molecule has 1 aliphatic carbocycles. The summed E-state index contributed by atoms with van der Waals surface area (Å²) in [6.45, 7) is 1.97. The average Bonchev–Trinajstić information content (AvgIpc) is 3.22. The second kappa shape index (κ2) is 7.72. The van der Waals surface area contributed by atoms with Gasteiger partial charge in [-0.25, -0.2) is 0 Å². The number of rotatable bonds is 4. The van der Waals surface area contributed by atoms with Gasteiger partial charge in [0.05, 0.1) is 6.61 Å². The normalized spacial score (nSPS) is 24.5. The summed E-state index contributed by atoms with van der Waals surface area (Å²) in [6, 6.07) is 13.4. The lowest BCUT2D eigenvalue weighted by molar-refractivity contribution is -0.152. The molecular formula is C22H21NO4S. The lowest BCUT2D eigenvalue weighted by Gasteiger charge is -2.37. The maximum Gasteiger partial charge on any atom is 0.317 e. The van der Waals surface area contributed by atoms with E-state index in [1.807, 2.05) is 47.8 Å². The molecule has 144 valence electrons. The highest BCUT2D eigenvalue weighted by Crippen LogP contribution is 2.46. The van der Waals surface area contributed by atoms with E-state index in [9.17, 15) is 14.4 Å². The lowest BCUT2D eigenvalue weighted by atomic mass is 9.69.